The number of aryl methyl sites for hydroxylation is 1. The lowest BCUT2D eigenvalue weighted by atomic mass is 9.95. The zero-order valence-corrected chi connectivity index (χ0v) is 18.8. The van der Waals surface area contributed by atoms with Gasteiger partial charge >= 0.3 is 0 Å². The molecule has 0 bridgehead atoms. The van der Waals surface area contributed by atoms with Crippen molar-refractivity contribution >= 4 is 11.8 Å². The second kappa shape index (κ2) is 10.5. The zero-order chi connectivity index (χ0) is 21.6. The Labute approximate surface area is 184 Å². The number of carbonyl (C=O) groups excluding carboxylic acids is 2. The molecule has 1 aromatic heterocycles. The highest BCUT2D eigenvalue weighted by Gasteiger charge is 2.31. The molecular formula is C22H36N6O3. The molecule has 0 saturated carbocycles. The molecule has 2 amide bonds. The van der Waals surface area contributed by atoms with Crippen LogP contribution in [0.1, 0.15) is 50.2 Å². The number of aromatic nitrogens is 2. The molecule has 0 aromatic carbocycles. The van der Waals surface area contributed by atoms with Gasteiger partial charge in [0.1, 0.15) is 0 Å². The number of piperazine rings is 1. The molecule has 0 atom stereocenters. The van der Waals surface area contributed by atoms with E-state index in [2.05, 4.69) is 24.8 Å². The Hall–Kier alpha value is -2.00. The largest absolute Gasteiger partial charge is 0.342 e. The predicted octanol–water partition coefficient (Wildman–Crippen LogP) is 1.14. The van der Waals surface area contributed by atoms with Crippen molar-refractivity contribution in [2.24, 2.45) is 5.92 Å². The van der Waals surface area contributed by atoms with E-state index in [1.165, 1.54) is 12.8 Å². The van der Waals surface area contributed by atoms with Gasteiger partial charge in [0.2, 0.25) is 17.7 Å². The third-order valence-electron chi connectivity index (χ3n) is 6.87. The fourth-order valence-electron chi connectivity index (χ4n) is 4.92. The standard InChI is InChI=1S/C22H36N6O3/c1-18-23-20(31-24-18)16-25-12-14-26(15-13-25)17-21(29)27-10-6-19(7-11-27)22(30)28-8-4-2-3-5-9-28/h19H,2-17H2,1H3. The molecule has 4 rings (SSSR count). The summed E-state index contributed by atoms with van der Waals surface area (Å²) in [5.74, 6) is 1.93. The summed E-state index contributed by atoms with van der Waals surface area (Å²) in [6.07, 6.45) is 6.34. The van der Waals surface area contributed by atoms with Crippen molar-refractivity contribution in [1.29, 1.82) is 0 Å². The topological polar surface area (TPSA) is 86.0 Å². The van der Waals surface area contributed by atoms with E-state index in [0.29, 0.717) is 43.8 Å². The molecule has 0 unspecified atom stereocenters. The monoisotopic (exact) mass is 432 g/mol. The molecule has 0 aliphatic carbocycles. The molecule has 3 fully saturated rings. The first kappa shape index (κ1) is 22.2. The Bertz CT molecular complexity index is 729. The average Bonchev–Trinajstić information content (AvgIpc) is 3.02. The molecular weight excluding hydrogens is 396 g/mol. The van der Waals surface area contributed by atoms with Crippen molar-refractivity contribution in [3.05, 3.63) is 11.7 Å². The van der Waals surface area contributed by atoms with Crippen molar-refractivity contribution in [1.82, 2.24) is 29.7 Å². The van der Waals surface area contributed by atoms with Gasteiger partial charge in [-0.15, -0.1) is 0 Å². The third-order valence-corrected chi connectivity index (χ3v) is 6.87. The van der Waals surface area contributed by atoms with Gasteiger partial charge in [0, 0.05) is 58.3 Å². The molecule has 172 valence electrons. The number of rotatable bonds is 5. The molecule has 3 aliphatic heterocycles. The lowest BCUT2D eigenvalue weighted by Gasteiger charge is -2.37. The molecule has 9 nitrogen and oxygen atoms in total. The Morgan fingerprint density at radius 1 is 0.871 bits per heavy atom. The van der Waals surface area contributed by atoms with Crippen LogP contribution in [-0.4, -0.2) is 100 Å². The quantitative estimate of drug-likeness (QED) is 0.690. The summed E-state index contributed by atoms with van der Waals surface area (Å²) in [5.41, 5.74) is 0. The SMILES string of the molecule is Cc1noc(CN2CCN(CC(=O)N3CCC(C(=O)N4CCCCCC4)CC3)CC2)n1. The molecule has 4 heterocycles. The highest BCUT2D eigenvalue weighted by atomic mass is 16.5. The van der Waals surface area contributed by atoms with E-state index >= 15 is 0 Å². The zero-order valence-electron chi connectivity index (χ0n) is 18.8. The van der Waals surface area contributed by atoms with Crippen molar-refractivity contribution in [2.75, 3.05) is 58.9 Å². The fourth-order valence-corrected chi connectivity index (χ4v) is 4.92. The number of amides is 2. The number of likely N-dealkylation sites (tertiary alicyclic amines) is 2. The van der Waals surface area contributed by atoms with Gasteiger partial charge < -0.3 is 14.3 Å². The average molecular weight is 433 g/mol. The van der Waals surface area contributed by atoms with Crippen molar-refractivity contribution in [3.63, 3.8) is 0 Å². The normalized spacial score (nSPS) is 22.5. The van der Waals surface area contributed by atoms with Crippen LogP contribution in [0.15, 0.2) is 4.52 Å². The lowest BCUT2D eigenvalue weighted by molar-refractivity contribution is -0.141. The molecule has 0 N–H and O–H groups in total. The van der Waals surface area contributed by atoms with Crippen molar-refractivity contribution in [3.8, 4) is 0 Å². The highest BCUT2D eigenvalue weighted by Crippen LogP contribution is 2.22. The fraction of sp³-hybridized carbons (Fsp3) is 0.818. The molecule has 0 spiro atoms. The molecule has 3 saturated heterocycles. The molecule has 31 heavy (non-hydrogen) atoms. The van der Waals surface area contributed by atoms with Gasteiger partial charge in [0.25, 0.3) is 0 Å². The number of nitrogens with zero attached hydrogens (tertiary/aromatic N) is 6. The van der Waals surface area contributed by atoms with E-state index in [4.69, 9.17) is 4.52 Å². The third kappa shape index (κ3) is 6.04. The van der Waals surface area contributed by atoms with Crippen LogP contribution in [0.25, 0.3) is 0 Å². The summed E-state index contributed by atoms with van der Waals surface area (Å²) in [7, 11) is 0. The summed E-state index contributed by atoms with van der Waals surface area (Å²) in [4.78, 5) is 38.5. The van der Waals surface area contributed by atoms with Crippen LogP contribution in [0.2, 0.25) is 0 Å². The van der Waals surface area contributed by atoms with E-state index in [1.54, 1.807) is 0 Å². The first-order valence-electron chi connectivity index (χ1n) is 11.9. The summed E-state index contributed by atoms with van der Waals surface area (Å²) >= 11 is 0. The summed E-state index contributed by atoms with van der Waals surface area (Å²) < 4.78 is 5.20. The van der Waals surface area contributed by atoms with Crippen LogP contribution < -0.4 is 0 Å². The smallest absolute Gasteiger partial charge is 0.240 e. The van der Waals surface area contributed by atoms with Crippen molar-refractivity contribution < 1.29 is 14.1 Å². The first-order chi connectivity index (χ1) is 15.1. The number of hydrogen-bond donors (Lipinski definition) is 0. The summed E-state index contributed by atoms with van der Waals surface area (Å²) in [6, 6.07) is 0. The molecule has 9 heteroatoms. The van der Waals surface area contributed by atoms with E-state index in [1.807, 2.05) is 11.8 Å². The Morgan fingerprint density at radius 2 is 1.52 bits per heavy atom. The van der Waals surface area contributed by atoms with E-state index in [0.717, 1.165) is 65.0 Å². The maximum atomic E-state index is 12.9. The van der Waals surface area contributed by atoms with Gasteiger partial charge in [-0.3, -0.25) is 19.4 Å². The van der Waals surface area contributed by atoms with Gasteiger partial charge in [0.15, 0.2) is 5.82 Å². The van der Waals surface area contributed by atoms with Crippen LogP contribution in [0.3, 0.4) is 0 Å². The lowest BCUT2D eigenvalue weighted by Crippen LogP contribution is -2.51. The van der Waals surface area contributed by atoms with Crippen LogP contribution in [0.4, 0.5) is 0 Å². The summed E-state index contributed by atoms with van der Waals surface area (Å²) in [6.45, 7) is 9.71. The molecule has 0 radical (unpaired) electrons. The van der Waals surface area contributed by atoms with Gasteiger partial charge in [-0.25, -0.2) is 0 Å². The second-order valence-electron chi connectivity index (χ2n) is 9.18. The predicted molar refractivity (Wildman–Crippen MR) is 115 cm³/mol. The Balaban J connectivity index is 1.16. The maximum Gasteiger partial charge on any atom is 0.240 e. The minimum Gasteiger partial charge on any atom is -0.342 e. The molecule has 3 aliphatic rings. The second-order valence-corrected chi connectivity index (χ2v) is 9.18. The van der Waals surface area contributed by atoms with E-state index in [9.17, 15) is 9.59 Å². The van der Waals surface area contributed by atoms with Crippen LogP contribution >= 0.6 is 0 Å². The van der Waals surface area contributed by atoms with Gasteiger partial charge in [-0.05, 0) is 32.6 Å². The Kier molecular flexibility index (Phi) is 7.55. The van der Waals surface area contributed by atoms with Gasteiger partial charge in [0.05, 0.1) is 13.1 Å². The first-order valence-corrected chi connectivity index (χ1v) is 11.9. The van der Waals surface area contributed by atoms with Crippen LogP contribution in [0.5, 0.6) is 0 Å². The minimum atomic E-state index is 0.0963. The van der Waals surface area contributed by atoms with Crippen LogP contribution in [0, 0.1) is 12.8 Å². The highest BCUT2D eigenvalue weighted by molar-refractivity contribution is 5.81. The van der Waals surface area contributed by atoms with Crippen LogP contribution in [-0.2, 0) is 16.1 Å². The van der Waals surface area contributed by atoms with E-state index in [-0.39, 0.29) is 11.8 Å². The van der Waals surface area contributed by atoms with Crippen molar-refractivity contribution in [2.45, 2.75) is 52.0 Å². The Morgan fingerprint density at radius 3 is 2.13 bits per heavy atom. The number of hydrogen-bond acceptors (Lipinski definition) is 7. The van der Waals surface area contributed by atoms with Gasteiger partial charge in [-0.2, -0.15) is 4.98 Å². The minimum absolute atomic E-state index is 0.0963. The summed E-state index contributed by atoms with van der Waals surface area (Å²) in [5, 5.41) is 3.84. The maximum absolute atomic E-state index is 12.9. The molecule has 1 aromatic rings. The number of carbonyl (C=O) groups is 2. The number of piperidine rings is 1. The van der Waals surface area contributed by atoms with Gasteiger partial charge in [-0.1, -0.05) is 18.0 Å². The van der Waals surface area contributed by atoms with E-state index < -0.39 is 0 Å².